The third-order valence-corrected chi connectivity index (χ3v) is 5.08. The van der Waals surface area contributed by atoms with Crippen LogP contribution in [0.2, 0.25) is 0 Å². The molecule has 0 saturated carbocycles. The third kappa shape index (κ3) is 6.96. The first-order valence-corrected chi connectivity index (χ1v) is 10.8. The summed E-state index contributed by atoms with van der Waals surface area (Å²) < 4.78 is 49.7. The van der Waals surface area contributed by atoms with Gasteiger partial charge in [-0.05, 0) is 61.4 Å². The van der Waals surface area contributed by atoms with Crippen LogP contribution in [-0.2, 0) is 12.6 Å². The summed E-state index contributed by atoms with van der Waals surface area (Å²) in [6.07, 6.45) is 5.31. The number of aromatic nitrogens is 1. The number of alkyl halides is 3. The van der Waals surface area contributed by atoms with Crippen LogP contribution in [-0.4, -0.2) is 23.3 Å². The van der Waals surface area contributed by atoms with Gasteiger partial charge in [0, 0.05) is 12.0 Å². The van der Waals surface area contributed by atoms with E-state index in [0.717, 1.165) is 29.0 Å². The quantitative estimate of drug-likeness (QED) is 0.350. The Balaban J connectivity index is 1.56. The average molecular weight is 470 g/mol. The molecule has 2 aromatic carbocycles. The van der Waals surface area contributed by atoms with Crippen molar-refractivity contribution in [1.82, 2.24) is 4.98 Å². The van der Waals surface area contributed by atoms with E-state index < -0.39 is 11.7 Å². The molecule has 1 N–H and O–H groups in total. The molecule has 0 amide bonds. The molecular formula is C27H26F3NO3. The smallest absolute Gasteiger partial charge is 0.416 e. The van der Waals surface area contributed by atoms with Crippen LogP contribution in [0.3, 0.4) is 0 Å². The van der Waals surface area contributed by atoms with Gasteiger partial charge in [0.2, 0.25) is 5.89 Å². The number of aryl methyl sites for hydroxylation is 1. The van der Waals surface area contributed by atoms with Gasteiger partial charge in [0.15, 0.2) is 0 Å². The molecule has 1 aromatic heterocycles. The minimum atomic E-state index is -4.38. The van der Waals surface area contributed by atoms with Crippen LogP contribution in [0.4, 0.5) is 13.2 Å². The molecule has 4 nitrogen and oxygen atoms in total. The molecule has 3 rings (SSSR count). The molecule has 0 fully saturated rings. The van der Waals surface area contributed by atoms with Gasteiger partial charge in [-0.1, -0.05) is 42.5 Å². The monoisotopic (exact) mass is 469 g/mol. The predicted octanol–water partition coefficient (Wildman–Crippen LogP) is 6.80. The van der Waals surface area contributed by atoms with Crippen molar-refractivity contribution in [3.63, 3.8) is 0 Å². The van der Waals surface area contributed by atoms with E-state index >= 15 is 0 Å². The van der Waals surface area contributed by atoms with E-state index in [0.29, 0.717) is 30.0 Å². The number of benzene rings is 2. The largest absolute Gasteiger partial charge is 0.493 e. The lowest BCUT2D eigenvalue weighted by molar-refractivity contribution is -0.137. The average Bonchev–Trinajstić information content (AvgIpc) is 3.19. The molecule has 0 spiro atoms. The Bertz CT molecular complexity index is 1160. The number of allylic oxidation sites excluding steroid dienone is 5. The van der Waals surface area contributed by atoms with Crippen molar-refractivity contribution in [2.45, 2.75) is 26.4 Å². The molecule has 0 bridgehead atoms. The number of nitrogens with zero attached hydrogens (tertiary/aromatic N) is 1. The van der Waals surface area contributed by atoms with Crippen LogP contribution in [0, 0.1) is 6.92 Å². The van der Waals surface area contributed by atoms with Crippen molar-refractivity contribution in [1.29, 1.82) is 0 Å². The van der Waals surface area contributed by atoms with Gasteiger partial charge < -0.3 is 14.3 Å². The molecule has 7 heteroatoms. The maximum atomic E-state index is 12.8. The molecule has 0 atom stereocenters. The van der Waals surface area contributed by atoms with Gasteiger partial charge in [-0.25, -0.2) is 4.98 Å². The maximum Gasteiger partial charge on any atom is 0.416 e. The summed E-state index contributed by atoms with van der Waals surface area (Å²) in [5.74, 6) is 1.62. The summed E-state index contributed by atoms with van der Waals surface area (Å²) in [6.45, 7) is 4.18. The molecular weight excluding hydrogens is 443 g/mol. The fourth-order valence-corrected chi connectivity index (χ4v) is 3.16. The zero-order valence-electron chi connectivity index (χ0n) is 19.0. The Kier molecular flexibility index (Phi) is 8.49. The van der Waals surface area contributed by atoms with E-state index in [9.17, 15) is 13.2 Å². The van der Waals surface area contributed by atoms with E-state index in [1.165, 1.54) is 12.1 Å². The van der Waals surface area contributed by atoms with Crippen LogP contribution in [0.25, 0.3) is 17.0 Å². The van der Waals surface area contributed by atoms with E-state index in [1.807, 2.05) is 49.4 Å². The van der Waals surface area contributed by atoms with Gasteiger partial charge in [0.05, 0.1) is 24.5 Å². The summed E-state index contributed by atoms with van der Waals surface area (Å²) in [5, 5.41) is 8.71. The van der Waals surface area contributed by atoms with E-state index in [-0.39, 0.29) is 12.5 Å². The minimum Gasteiger partial charge on any atom is -0.493 e. The second kappa shape index (κ2) is 11.5. The fourth-order valence-electron chi connectivity index (χ4n) is 3.16. The van der Waals surface area contributed by atoms with Gasteiger partial charge in [-0.15, -0.1) is 0 Å². The van der Waals surface area contributed by atoms with Gasteiger partial charge in [0.1, 0.15) is 11.5 Å². The highest BCUT2D eigenvalue weighted by molar-refractivity contribution is 5.65. The molecule has 0 saturated heterocycles. The van der Waals surface area contributed by atoms with Crippen molar-refractivity contribution < 1.29 is 27.4 Å². The molecule has 0 radical (unpaired) electrons. The Morgan fingerprint density at radius 3 is 2.38 bits per heavy atom. The van der Waals surface area contributed by atoms with E-state index in [1.54, 1.807) is 19.1 Å². The molecule has 0 aliphatic heterocycles. The highest BCUT2D eigenvalue weighted by atomic mass is 19.4. The molecule has 3 aromatic rings. The number of rotatable bonds is 9. The van der Waals surface area contributed by atoms with Gasteiger partial charge in [0.25, 0.3) is 0 Å². The number of ether oxygens (including phenoxy) is 1. The minimum absolute atomic E-state index is 0.0189. The van der Waals surface area contributed by atoms with Crippen LogP contribution in [0.5, 0.6) is 5.75 Å². The van der Waals surface area contributed by atoms with Crippen molar-refractivity contribution in [3.8, 4) is 17.2 Å². The zero-order chi connectivity index (χ0) is 24.6. The number of halogens is 3. The second-order valence-electron chi connectivity index (χ2n) is 7.57. The summed E-state index contributed by atoms with van der Waals surface area (Å²) in [6, 6.07) is 12.5. The van der Waals surface area contributed by atoms with E-state index in [2.05, 4.69) is 4.98 Å². The second-order valence-corrected chi connectivity index (χ2v) is 7.57. The number of hydrogen-bond acceptors (Lipinski definition) is 4. The molecule has 0 aliphatic rings. The molecule has 0 unspecified atom stereocenters. The van der Waals surface area contributed by atoms with Crippen LogP contribution in [0.1, 0.15) is 29.5 Å². The van der Waals surface area contributed by atoms with Crippen LogP contribution < -0.4 is 4.74 Å². The van der Waals surface area contributed by atoms with Crippen molar-refractivity contribution in [2.24, 2.45) is 0 Å². The summed E-state index contributed by atoms with van der Waals surface area (Å²) >= 11 is 0. The third-order valence-electron chi connectivity index (χ3n) is 5.08. The Morgan fingerprint density at radius 1 is 1.03 bits per heavy atom. The summed E-state index contributed by atoms with van der Waals surface area (Å²) in [5.41, 5.74) is 2.64. The normalized spacial score (nSPS) is 12.7. The summed E-state index contributed by atoms with van der Waals surface area (Å²) in [7, 11) is 0. The van der Waals surface area contributed by atoms with Gasteiger partial charge in [-0.2, -0.15) is 13.2 Å². The van der Waals surface area contributed by atoms with Crippen molar-refractivity contribution in [3.05, 3.63) is 101 Å². The van der Waals surface area contributed by atoms with Gasteiger partial charge in [-0.3, -0.25) is 0 Å². The lowest BCUT2D eigenvalue weighted by Crippen LogP contribution is -2.04. The number of hydrogen-bond donors (Lipinski definition) is 1. The lowest BCUT2D eigenvalue weighted by atomic mass is 10.1. The van der Waals surface area contributed by atoms with Crippen LogP contribution >= 0.6 is 0 Å². The maximum absolute atomic E-state index is 12.8. The first kappa shape index (κ1) is 25.1. The molecule has 1 heterocycles. The van der Waals surface area contributed by atoms with Crippen LogP contribution in [0.15, 0.2) is 83.3 Å². The predicted molar refractivity (Wildman–Crippen MR) is 126 cm³/mol. The zero-order valence-corrected chi connectivity index (χ0v) is 19.0. The highest BCUT2D eigenvalue weighted by Gasteiger charge is 2.30. The lowest BCUT2D eigenvalue weighted by Gasteiger charge is -2.07. The Hall–Kier alpha value is -3.58. The summed E-state index contributed by atoms with van der Waals surface area (Å²) in [4.78, 5) is 4.43. The topological polar surface area (TPSA) is 55.5 Å². The highest BCUT2D eigenvalue weighted by Crippen LogP contribution is 2.31. The van der Waals surface area contributed by atoms with E-state index in [4.69, 9.17) is 14.3 Å². The number of oxazole rings is 1. The Morgan fingerprint density at radius 2 is 1.74 bits per heavy atom. The first-order chi connectivity index (χ1) is 16.3. The standard InChI is InChI=1S/C27H26F3NO3/c1-19(7-5-3-4-6-17-32)21-10-14-24(15-11-21)33-18-16-25-20(2)34-26(31-25)22-8-12-23(13-9-22)27(28,29)30/h3-15,32H,16-18H2,1-2H3/b5-3+,6-4+,19-7+. The number of aliphatic hydroxyl groups is 1. The van der Waals surface area contributed by atoms with Crippen molar-refractivity contribution in [2.75, 3.05) is 13.2 Å². The fraction of sp³-hybridized carbons (Fsp3) is 0.222. The van der Waals surface area contributed by atoms with Gasteiger partial charge >= 0.3 is 6.18 Å². The molecule has 178 valence electrons. The van der Waals surface area contributed by atoms with Crippen molar-refractivity contribution >= 4 is 5.57 Å². The first-order valence-electron chi connectivity index (χ1n) is 10.8. The molecule has 34 heavy (non-hydrogen) atoms. The Labute approximate surface area is 196 Å². The molecule has 0 aliphatic carbocycles. The SMILES string of the molecule is C\C(=C/C=C/C=C/CO)c1ccc(OCCc2nc(-c3ccc(C(F)(F)F)cc3)oc2C)cc1. The number of aliphatic hydroxyl groups excluding tert-OH is 1.